The van der Waals surface area contributed by atoms with Gasteiger partial charge in [0.1, 0.15) is 0 Å². The van der Waals surface area contributed by atoms with E-state index in [-0.39, 0.29) is 5.03 Å². The molecule has 0 amide bonds. The van der Waals surface area contributed by atoms with E-state index >= 15 is 0 Å². The summed E-state index contributed by atoms with van der Waals surface area (Å²) in [5.41, 5.74) is 6.18. The van der Waals surface area contributed by atoms with Crippen LogP contribution in [0.15, 0.2) is 28.7 Å². The number of aromatic nitrogens is 2. The number of sulfonamides is 1. The van der Waals surface area contributed by atoms with E-state index < -0.39 is 10.0 Å². The number of nitrogens with zero attached hydrogens (tertiary/aromatic N) is 3. The van der Waals surface area contributed by atoms with Crippen LogP contribution in [0.25, 0.3) is 0 Å². The average molecular weight is 324 g/mol. The van der Waals surface area contributed by atoms with E-state index in [2.05, 4.69) is 16.9 Å². The molecular weight excluding hydrogens is 308 g/mol. The Labute approximate surface area is 128 Å². The van der Waals surface area contributed by atoms with Gasteiger partial charge in [-0.2, -0.15) is 9.40 Å². The highest BCUT2D eigenvalue weighted by Gasteiger charge is 2.24. The van der Waals surface area contributed by atoms with Crippen molar-refractivity contribution in [2.75, 3.05) is 13.6 Å². The molecule has 6 nitrogen and oxygen atoms in total. The topological polar surface area (TPSA) is 81.2 Å². The molecule has 2 aromatic rings. The molecule has 2 aromatic heterocycles. The largest absolute Gasteiger partial charge is 0.320 e. The van der Waals surface area contributed by atoms with Crippen LogP contribution in [0, 0.1) is 11.8 Å². The van der Waals surface area contributed by atoms with Crippen LogP contribution in [0.3, 0.4) is 0 Å². The Kier molecular flexibility index (Phi) is 4.80. The van der Waals surface area contributed by atoms with E-state index in [4.69, 9.17) is 5.73 Å². The van der Waals surface area contributed by atoms with E-state index in [1.165, 1.54) is 32.6 Å². The number of nitrogens with two attached hydrogens (primary N) is 1. The summed E-state index contributed by atoms with van der Waals surface area (Å²) >= 11 is 1.47. The van der Waals surface area contributed by atoms with Gasteiger partial charge in [-0.25, -0.2) is 8.42 Å². The third-order valence-corrected chi connectivity index (χ3v) is 5.62. The molecule has 0 aromatic carbocycles. The van der Waals surface area contributed by atoms with Crippen LogP contribution in [0.4, 0.5) is 0 Å². The second-order valence-electron chi connectivity index (χ2n) is 4.36. The molecule has 0 aliphatic carbocycles. The van der Waals surface area contributed by atoms with Crippen molar-refractivity contribution in [2.45, 2.75) is 11.6 Å². The fourth-order valence-corrected chi connectivity index (χ4v) is 3.95. The number of rotatable bonds is 4. The molecule has 0 unspecified atom stereocenters. The van der Waals surface area contributed by atoms with Gasteiger partial charge in [-0.3, -0.25) is 4.68 Å². The number of hydrogen-bond acceptors (Lipinski definition) is 5. The zero-order valence-corrected chi connectivity index (χ0v) is 13.4. The standard InChI is InChI=1S/C13H16N4O2S2/c1-16(21(18,19)13-5-7-15-17(13)2)9-12-8-11(10-20-12)4-3-6-14/h5,7-8,10H,6,9,14H2,1-2H3. The maximum atomic E-state index is 12.4. The molecule has 8 heteroatoms. The van der Waals surface area contributed by atoms with Crippen LogP contribution in [-0.4, -0.2) is 36.1 Å². The third kappa shape index (κ3) is 3.51. The van der Waals surface area contributed by atoms with Crippen molar-refractivity contribution in [1.82, 2.24) is 14.1 Å². The van der Waals surface area contributed by atoms with Crippen molar-refractivity contribution in [2.24, 2.45) is 12.8 Å². The Morgan fingerprint density at radius 2 is 2.29 bits per heavy atom. The molecule has 0 radical (unpaired) electrons. The second-order valence-corrected chi connectivity index (χ2v) is 7.35. The molecule has 2 rings (SSSR count). The predicted octanol–water partition coefficient (Wildman–Crippen LogP) is 0.612. The van der Waals surface area contributed by atoms with Crippen molar-refractivity contribution >= 4 is 21.4 Å². The van der Waals surface area contributed by atoms with Crippen LogP contribution in [0.1, 0.15) is 10.4 Å². The van der Waals surface area contributed by atoms with Gasteiger partial charge in [0.05, 0.1) is 12.7 Å². The average Bonchev–Trinajstić information content (AvgIpc) is 3.05. The first-order valence-electron chi connectivity index (χ1n) is 6.16. The number of thiophene rings is 1. The Hall–Kier alpha value is -1.66. The lowest BCUT2D eigenvalue weighted by atomic mass is 10.3. The summed E-state index contributed by atoms with van der Waals surface area (Å²) in [6.45, 7) is 0.600. The molecule has 21 heavy (non-hydrogen) atoms. The molecule has 2 N–H and O–H groups in total. The van der Waals surface area contributed by atoms with Gasteiger partial charge in [0, 0.05) is 36.5 Å². The number of hydrogen-bond donors (Lipinski definition) is 1. The number of aryl methyl sites for hydroxylation is 1. The van der Waals surface area contributed by atoms with Crippen LogP contribution >= 0.6 is 11.3 Å². The Balaban J connectivity index is 2.16. The zero-order valence-electron chi connectivity index (χ0n) is 11.8. The van der Waals surface area contributed by atoms with Gasteiger partial charge in [-0.05, 0) is 12.1 Å². The lowest BCUT2D eigenvalue weighted by molar-refractivity contribution is 0.460. The summed E-state index contributed by atoms with van der Waals surface area (Å²) in [4.78, 5) is 0.921. The van der Waals surface area contributed by atoms with Crippen molar-refractivity contribution in [3.8, 4) is 11.8 Å². The highest BCUT2D eigenvalue weighted by atomic mass is 32.2. The fraction of sp³-hybridized carbons (Fsp3) is 0.308. The summed E-state index contributed by atoms with van der Waals surface area (Å²) in [5.74, 6) is 5.70. The molecule has 0 saturated carbocycles. The second kappa shape index (κ2) is 6.41. The summed E-state index contributed by atoms with van der Waals surface area (Å²) < 4.78 is 27.5. The Morgan fingerprint density at radius 1 is 1.52 bits per heavy atom. The quantitative estimate of drug-likeness (QED) is 0.836. The van der Waals surface area contributed by atoms with Gasteiger partial charge < -0.3 is 5.73 Å². The van der Waals surface area contributed by atoms with Gasteiger partial charge in [0.15, 0.2) is 5.03 Å². The normalized spacial score (nSPS) is 11.4. The maximum absolute atomic E-state index is 12.4. The minimum atomic E-state index is -3.55. The highest BCUT2D eigenvalue weighted by molar-refractivity contribution is 7.89. The summed E-state index contributed by atoms with van der Waals surface area (Å²) in [5, 5.41) is 5.96. The fourth-order valence-electron chi connectivity index (χ4n) is 1.76. The Morgan fingerprint density at radius 3 is 2.90 bits per heavy atom. The molecule has 0 aliphatic heterocycles. The molecule has 0 saturated heterocycles. The highest BCUT2D eigenvalue weighted by Crippen LogP contribution is 2.20. The third-order valence-electron chi connectivity index (χ3n) is 2.82. The van der Waals surface area contributed by atoms with Crippen molar-refractivity contribution in [3.63, 3.8) is 0 Å². The molecule has 0 fully saturated rings. The van der Waals surface area contributed by atoms with E-state index in [0.29, 0.717) is 13.1 Å². The van der Waals surface area contributed by atoms with Gasteiger partial charge in [0.25, 0.3) is 10.0 Å². The van der Waals surface area contributed by atoms with Crippen LogP contribution in [0.2, 0.25) is 0 Å². The maximum Gasteiger partial charge on any atom is 0.260 e. The lowest BCUT2D eigenvalue weighted by Gasteiger charge is -2.16. The van der Waals surface area contributed by atoms with E-state index in [1.807, 2.05) is 11.4 Å². The van der Waals surface area contributed by atoms with E-state index in [1.54, 1.807) is 14.1 Å². The summed E-state index contributed by atoms with van der Waals surface area (Å²) in [7, 11) is -0.395. The smallest absolute Gasteiger partial charge is 0.260 e. The molecule has 0 aliphatic rings. The van der Waals surface area contributed by atoms with E-state index in [9.17, 15) is 8.42 Å². The first-order chi connectivity index (χ1) is 9.95. The molecule has 0 spiro atoms. The van der Waals surface area contributed by atoms with Gasteiger partial charge in [0.2, 0.25) is 0 Å². The first kappa shape index (κ1) is 15.7. The van der Waals surface area contributed by atoms with Gasteiger partial charge in [-0.1, -0.05) is 11.8 Å². The van der Waals surface area contributed by atoms with Crippen LogP contribution in [0.5, 0.6) is 0 Å². The minimum Gasteiger partial charge on any atom is -0.320 e. The molecule has 2 heterocycles. The Bertz CT molecular complexity index is 780. The van der Waals surface area contributed by atoms with Gasteiger partial charge >= 0.3 is 0 Å². The van der Waals surface area contributed by atoms with Crippen molar-refractivity contribution in [3.05, 3.63) is 34.2 Å². The van der Waals surface area contributed by atoms with Gasteiger partial charge in [-0.15, -0.1) is 11.3 Å². The lowest BCUT2D eigenvalue weighted by Crippen LogP contribution is -2.27. The van der Waals surface area contributed by atoms with E-state index in [0.717, 1.165) is 10.4 Å². The molecular formula is C13H16N4O2S2. The predicted molar refractivity (Wildman–Crippen MR) is 82.1 cm³/mol. The van der Waals surface area contributed by atoms with Crippen LogP contribution < -0.4 is 5.73 Å². The minimum absolute atomic E-state index is 0.171. The molecule has 0 atom stereocenters. The SMILES string of the molecule is CN(Cc1cc(C#CCN)cs1)S(=O)(=O)c1ccnn1C. The first-order valence-corrected chi connectivity index (χ1v) is 8.48. The van der Waals surface area contributed by atoms with Crippen molar-refractivity contribution < 1.29 is 8.42 Å². The van der Waals surface area contributed by atoms with Crippen molar-refractivity contribution in [1.29, 1.82) is 0 Å². The van der Waals surface area contributed by atoms with Crippen LogP contribution in [-0.2, 0) is 23.6 Å². The molecule has 0 bridgehead atoms. The summed E-state index contributed by atoms with van der Waals surface area (Å²) in [6, 6.07) is 3.36. The molecule has 112 valence electrons. The summed E-state index contributed by atoms with van der Waals surface area (Å²) in [6.07, 6.45) is 1.46. The monoisotopic (exact) mass is 324 g/mol. The zero-order chi connectivity index (χ0) is 15.5.